The van der Waals surface area contributed by atoms with Gasteiger partial charge in [-0.25, -0.2) is 0 Å². The van der Waals surface area contributed by atoms with E-state index in [2.05, 4.69) is 172 Å². The number of rotatable bonds is 5. The lowest BCUT2D eigenvalue weighted by molar-refractivity contribution is 0.173. The Kier molecular flexibility index (Phi) is 7.23. The zero-order chi connectivity index (χ0) is 37.1. The third-order valence-electron chi connectivity index (χ3n) is 15.0. The Balaban J connectivity index is 1.20. The molecule has 4 saturated carbocycles. The monoisotopic (exact) mass is 717 g/mol. The third kappa shape index (κ3) is 4.79. The van der Waals surface area contributed by atoms with Gasteiger partial charge in [-0.05, 0) is 131 Å². The van der Waals surface area contributed by atoms with Crippen LogP contribution in [0.1, 0.15) is 88.5 Å². The van der Waals surface area contributed by atoms with Gasteiger partial charge >= 0.3 is 0 Å². The molecule has 4 fully saturated rings. The lowest BCUT2D eigenvalue weighted by Crippen LogP contribution is -2.44. The highest BCUT2D eigenvalue weighted by Crippen LogP contribution is 2.73. The number of para-hydroxylation sites is 1. The van der Waals surface area contributed by atoms with Crippen LogP contribution in [0.5, 0.6) is 11.5 Å². The first-order valence-corrected chi connectivity index (χ1v) is 20.8. The minimum atomic E-state index is -0.00993. The smallest absolute Gasteiger partial charge is 0.141 e. The standard InChI is InChI=1S/C53H51NO/c1-51(2)28-29-52(3,4)49-42(51)19-13-20-46(49)54(40-24-22-36(23-25-40)35-14-7-5-8-15-35)45-27-26-43-50(48(45)37-16-9-6-10-17-37)55-47-21-12-11-18-41(47)53(43)39-31-34-30-38(33-39)44(53)32-34/h5-27,34,38-39,44H,28-33H2,1-4H3. The van der Waals surface area contributed by atoms with Gasteiger partial charge in [0.25, 0.3) is 0 Å². The number of fused-ring (bicyclic) bond motifs is 3. The number of hydrogen-bond donors (Lipinski definition) is 0. The lowest BCUT2D eigenvalue weighted by atomic mass is 9.56. The summed E-state index contributed by atoms with van der Waals surface area (Å²) in [5.41, 5.74) is 14.3. The maximum Gasteiger partial charge on any atom is 0.141 e. The zero-order valence-corrected chi connectivity index (χ0v) is 32.7. The summed E-state index contributed by atoms with van der Waals surface area (Å²) >= 11 is 0. The molecule has 5 atom stereocenters. The molecule has 6 aromatic carbocycles. The Bertz CT molecular complexity index is 2440. The Morgan fingerprint density at radius 2 is 1.20 bits per heavy atom. The van der Waals surface area contributed by atoms with Crippen LogP contribution in [0, 0.1) is 23.7 Å². The average molecular weight is 718 g/mol. The van der Waals surface area contributed by atoms with E-state index in [-0.39, 0.29) is 16.2 Å². The fourth-order valence-electron chi connectivity index (χ4n) is 12.6. The van der Waals surface area contributed by atoms with Crippen LogP contribution in [0.4, 0.5) is 17.1 Å². The van der Waals surface area contributed by atoms with E-state index >= 15 is 0 Å². The van der Waals surface area contributed by atoms with Crippen LogP contribution >= 0.6 is 0 Å². The molecule has 5 aliphatic carbocycles. The molecule has 0 amide bonds. The minimum Gasteiger partial charge on any atom is -0.456 e. The first-order valence-electron chi connectivity index (χ1n) is 20.8. The first kappa shape index (κ1) is 33.3. The zero-order valence-electron chi connectivity index (χ0n) is 32.7. The number of hydrogen-bond acceptors (Lipinski definition) is 2. The fraction of sp³-hybridized carbons (Fsp3) is 0.321. The van der Waals surface area contributed by atoms with E-state index in [0.717, 1.165) is 35.4 Å². The van der Waals surface area contributed by atoms with E-state index in [0.29, 0.717) is 11.8 Å². The molecule has 2 nitrogen and oxygen atoms in total. The molecule has 274 valence electrons. The van der Waals surface area contributed by atoms with Crippen LogP contribution in [-0.2, 0) is 16.2 Å². The van der Waals surface area contributed by atoms with Crippen molar-refractivity contribution < 1.29 is 4.74 Å². The summed E-state index contributed by atoms with van der Waals surface area (Å²) in [6, 6.07) is 52.3. The topological polar surface area (TPSA) is 12.5 Å². The molecule has 5 unspecified atom stereocenters. The van der Waals surface area contributed by atoms with E-state index in [1.54, 1.807) is 0 Å². The number of ether oxygens (including phenoxy) is 1. The van der Waals surface area contributed by atoms with Crippen molar-refractivity contribution in [1.82, 2.24) is 0 Å². The van der Waals surface area contributed by atoms with Gasteiger partial charge in [-0.1, -0.05) is 137 Å². The molecule has 0 saturated heterocycles. The van der Waals surface area contributed by atoms with Crippen LogP contribution in [0.25, 0.3) is 22.3 Å². The number of benzene rings is 6. The molecule has 1 aliphatic heterocycles. The summed E-state index contributed by atoms with van der Waals surface area (Å²) in [7, 11) is 0. The van der Waals surface area contributed by atoms with Gasteiger partial charge in [0.1, 0.15) is 11.5 Å². The molecule has 0 aromatic heterocycles. The molecule has 12 rings (SSSR count). The van der Waals surface area contributed by atoms with Crippen molar-refractivity contribution in [2.45, 2.75) is 82.5 Å². The molecule has 55 heavy (non-hydrogen) atoms. The Hall–Kier alpha value is -5.08. The Morgan fingerprint density at radius 1 is 0.527 bits per heavy atom. The van der Waals surface area contributed by atoms with Gasteiger partial charge in [0.2, 0.25) is 0 Å². The van der Waals surface area contributed by atoms with Gasteiger partial charge in [0.15, 0.2) is 0 Å². The van der Waals surface area contributed by atoms with Gasteiger partial charge in [0, 0.05) is 27.8 Å². The molecular formula is C53H51NO. The van der Waals surface area contributed by atoms with Crippen molar-refractivity contribution >= 4 is 17.1 Å². The first-order chi connectivity index (χ1) is 26.7. The molecule has 6 aliphatic rings. The molecular weight excluding hydrogens is 667 g/mol. The highest BCUT2D eigenvalue weighted by molar-refractivity contribution is 5.94. The number of anilines is 3. The van der Waals surface area contributed by atoms with Crippen LogP contribution < -0.4 is 9.64 Å². The second-order valence-electron chi connectivity index (χ2n) is 18.8. The highest BCUT2D eigenvalue weighted by Gasteiger charge is 2.66. The molecule has 6 aromatic rings. The number of nitrogens with zero attached hydrogens (tertiary/aromatic N) is 1. The maximum absolute atomic E-state index is 7.36. The van der Waals surface area contributed by atoms with Gasteiger partial charge in [-0.3, -0.25) is 0 Å². The van der Waals surface area contributed by atoms with Crippen molar-refractivity contribution in [2.24, 2.45) is 23.7 Å². The second-order valence-corrected chi connectivity index (χ2v) is 18.8. The van der Waals surface area contributed by atoms with Crippen LogP contribution in [0.15, 0.2) is 140 Å². The fourth-order valence-corrected chi connectivity index (χ4v) is 12.6. The minimum absolute atomic E-state index is 0.00634. The second kappa shape index (κ2) is 12.0. The quantitative estimate of drug-likeness (QED) is 0.176. The molecule has 2 heteroatoms. The van der Waals surface area contributed by atoms with E-state index in [1.165, 1.54) is 88.0 Å². The van der Waals surface area contributed by atoms with Crippen molar-refractivity contribution in [3.05, 3.63) is 162 Å². The van der Waals surface area contributed by atoms with Crippen LogP contribution in [0.3, 0.4) is 0 Å². The van der Waals surface area contributed by atoms with Crippen molar-refractivity contribution in [1.29, 1.82) is 0 Å². The predicted molar refractivity (Wildman–Crippen MR) is 227 cm³/mol. The van der Waals surface area contributed by atoms with Gasteiger partial charge < -0.3 is 9.64 Å². The van der Waals surface area contributed by atoms with Crippen molar-refractivity contribution in [3.8, 4) is 33.8 Å². The van der Waals surface area contributed by atoms with Gasteiger partial charge in [-0.2, -0.15) is 0 Å². The van der Waals surface area contributed by atoms with Crippen molar-refractivity contribution in [2.75, 3.05) is 4.90 Å². The molecule has 0 N–H and O–H groups in total. The highest BCUT2D eigenvalue weighted by atomic mass is 16.5. The Labute approximate surface area is 327 Å². The third-order valence-corrected chi connectivity index (χ3v) is 15.0. The molecule has 4 bridgehead atoms. The lowest BCUT2D eigenvalue weighted by Gasteiger charge is -2.49. The summed E-state index contributed by atoms with van der Waals surface area (Å²) in [6.45, 7) is 9.79. The van der Waals surface area contributed by atoms with Gasteiger partial charge in [-0.15, -0.1) is 0 Å². The maximum atomic E-state index is 7.36. The van der Waals surface area contributed by atoms with Crippen LogP contribution in [0.2, 0.25) is 0 Å². The molecule has 0 radical (unpaired) electrons. The normalized spacial score (nSPS) is 25.9. The average Bonchev–Trinajstić information content (AvgIpc) is 3.62. The molecule has 1 spiro atoms. The van der Waals surface area contributed by atoms with E-state index in [9.17, 15) is 0 Å². The summed E-state index contributed by atoms with van der Waals surface area (Å²) < 4.78 is 7.36. The summed E-state index contributed by atoms with van der Waals surface area (Å²) in [5, 5.41) is 0. The summed E-state index contributed by atoms with van der Waals surface area (Å²) in [4.78, 5) is 2.59. The van der Waals surface area contributed by atoms with Crippen molar-refractivity contribution in [3.63, 3.8) is 0 Å². The van der Waals surface area contributed by atoms with E-state index in [4.69, 9.17) is 4.74 Å². The van der Waals surface area contributed by atoms with E-state index in [1.807, 2.05) is 0 Å². The summed E-state index contributed by atoms with van der Waals surface area (Å²) in [6.07, 6.45) is 7.76. The van der Waals surface area contributed by atoms with E-state index < -0.39 is 0 Å². The Morgan fingerprint density at radius 3 is 1.96 bits per heavy atom. The predicted octanol–water partition coefficient (Wildman–Crippen LogP) is 14.3. The largest absolute Gasteiger partial charge is 0.456 e. The van der Waals surface area contributed by atoms with Crippen LogP contribution in [-0.4, -0.2) is 0 Å². The SMILES string of the molecule is CC1(C)CCC(C)(C)c2c(N(c3ccc(-c4ccccc4)cc3)c3ccc4c(c3-c3ccccc3)Oc3ccccc3C43C4CC5CC(C4)C3C5)cccc21. The van der Waals surface area contributed by atoms with Gasteiger partial charge in [0.05, 0.1) is 11.4 Å². The molecule has 1 heterocycles. The summed E-state index contributed by atoms with van der Waals surface area (Å²) in [5.74, 6) is 5.13.